The summed E-state index contributed by atoms with van der Waals surface area (Å²) >= 11 is 11.8. The van der Waals surface area contributed by atoms with Crippen LogP contribution in [0.1, 0.15) is 58.9 Å². The molecule has 6 rings (SSSR count). The van der Waals surface area contributed by atoms with E-state index in [1.54, 1.807) is 36.0 Å². The van der Waals surface area contributed by atoms with Crippen molar-refractivity contribution in [1.82, 2.24) is 4.90 Å². The van der Waals surface area contributed by atoms with E-state index in [2.05, 4.69) is 79.7 Å². The highest BCUT2D eigenvalue weighted by molar-refractivity contribution is 7.99. The average Bonchev–Trinajstić information content (AvgIpc) is 3.22. The number of phenols is 1. The molecule has 57 heavy (non-hydrogen) atoms. The molecule has 12 heteroatoms. The second kappa shape index (κ2) is 23.8. The summed E-state index contributed by atoms with van der Waals surface area (Å²) in [6.07, 6.45) is 4.33. The molecule has 0 amide bonds. The van der Waals surface area contributed by atoms with Gasteiger partial charge in [-0.3, -0.25) is 4.90 Å². The second-order valence-electron chi connectivity index (χ2n) is 15.0. The van der Waals surface area contributed by atoms with Crippen molar-refractivity contribution in [2.45, 2.75) is 69.2 Å². The molecular weight excluding hydrogens is 780 g/mol. The van der Waals surface area contributed by atoms with E-state index in [9.17, 15) is 8.96 Å². The summed E-state index contributed by atoms with van der Waals surface area (Å²) in [5.74, 6) is 1.11. The number of rotatable bonds is 14. The number of nitrogens with two attached hydrogens (primary N) is 1. The maximum Gasteiger partial charge on any atom is 0.129 e. The number of nitrogens with zero attached hydrogens (tertiary/aromatic N) is 3. The molecule has 4 N–H and O–H groups in total. The fourth-order valence-electron chi connectivity index (χ4n) is 6.94. The number of hydrogen-bond donors (Lipinski definition) is 4. The quantitative estimate of drug-likeness (QED) is 0.0568. The molecule has 1 heterocycles. The van der Waals surface area contributed by atoms with Crippen LogP contribution in [-0.4, -0.2) is 74.3 Å². The zero-order chi connectivity index (χ0) is 41.2. The summed E-state index contributed by atoms with van der Waals surface area (Å²) in [7, 11) is 0. The predicted octanol–water partition coefficient (Wildman–Crippen LogP) is 11.3. The van der Waals surface area contributed by atoms with Crippen LogP contribution in [0.4, 0.5) is 26.0 Å². The Morgan fingerprint density at radius 1 is 0.965 bits per heavy atom. The van der Waals surface area contributed by atoms with E-state index in [0.29, 0.717) is 28.3 Å². The van der Waals surface area contributed by atoms with Gasteiger partial charge in [0.05, 0.1) is 18.9 Å². The number of aromatic hydroxyl groups is 1. The number of thioether (sulfide) groups is 1. The van der Waals surface area contributed by atoms with Crippen molar-refractivity contribution in [3.63, 3.8) is 0 Å². The van der Waals surface area contributed by atoms with E-state index in [-0.39, 0.29) is 11.7 Å². The molecule has 1 atom stereocenters. The molecule has 1 aliphatic carbocycles. The Morgan fingerprint density at radius 2 is 1.63 bits per heavy atom. The second-order valence-corrected chi connectivity index (χ2v) is 17.0. The van der Waals surface area contributed by atoms with Crippen LogP contribution < -0.4 is 21.3 Å². The Morgan fingerprint density at radius 3 is 2.25 bits per heavy atom. The lowest BCUT2D eigenvalue weighted by Crippen LogP contribution is -2.39. The molecule has 1 saturated heterocycles. The summed E-state index contributed by atoms with van der Waals surface area (Å²) in [5.41, 5.74) is 11.8. The van der Waals surface area contributed by atoms with Gasteiger partial charge in [0.1, 0.15) is 11.4 Å². The van der Waals surface area contributed by atoms with Crippen molar-refractivity contribution in [2.75, 3.05) is 73.8 Å². The van der Waals surface area contributed by atoms with E-state index in [1.807, 2.05) is 42.5 Å². The summed E-state index contributed by atoms with van der Waals surface area (Å²) in [6.45, 7) is 15.8. The lowest BCUT2D eigenvalue weighted by molar-refractivity contribution is 0.0370. The maximum atomic E-state index is 13.3. The molecule has 1 unspecified atom stereocenters. The van der Waals surface area contributed by atoms with E-state index < -0.39 is 5.34 Å². The van der Waals surface area contributed by atoms with E-state index in [1.165, 1.54) is 34.1 Å². The van der Waals surface area contributed by atoms with Gasteiger partial charge in [-0.15, -0.1) is 24.4 Å². The van der Waals surface area contributed by atoms with Crippen molar-refractivity contribution in [3.05, 3.63) is 113 Å². The number of thiol groups is 1. The Kier molecular flexibility index (Phi) is 19.3. The molecule has 0 saturated carbocycles. The third-order valence-corrected chi connectivity index (χ3v) is 11.9. The minimum atomic E-state index is -0.856. The van der Waals surface area contributed by atoms with Gasteiger partial charge in [-0.25, -0.2) is 0 Å². The first-order valence-electron chi connectivity index (χ1n) is 19.8. The van der Waals surface area contributed by atoms with Gasteiger partial charge >= 0.3 is 0 Å². The maximum absolute atomic E-state index is 13.3. The third-order valence-electron chi connectivity index (χ3n) is 10.2. The zero-order valence-corrected chi connectivity index (χ0v) is 36.2. The minimum Gasteiger partial charge on any atom is -0.508 e. The van der Waals surface area contributed by atoms with Crippen molar-refractivity contribution >= 4 is 58.6 Å². The summed E-state index contributed by atoms with van der Waals surface area (Å²) in [5, 5.41) is 12.3. The molecule has 0 bridgehead atoms. The number of halogens is 3. The van der Waals surface area contributed by atoms with Gasteiger partial charge in [0.2, 0.25) is 0 Å². The number of anilines is 3. The van der Waals surface area contributed by atoms with E-state index in [0.717, 1.165) is 81.7 Å². The van der Waals surface area contributed by atoms with Crippen LogP contribution >= 0.6 is 36.0 Å². The number of phenolic OH excluding ortho intramolecular Hbond substituents is 1. The topological polar surface area (TPSA) is 77.2 Å². The monoisotopic (exact) mass is 839 g/mol. The van der Waals surface area contributed by atoms with Crippen LogP contribution in [0.2, 0.25) is 5.02 Å². The third kappa shape index (κ3) is 15.7. The first-order chi connectivity index (χ1) is 27.4. The van der Waals surface area contributed by atoms with Gasteiger partial charge in [-0.05, 0) is 128 Å². The van der Waals surface area contributed by atoms with Crippen molar-refractivity contribution in [2.24, 2.45) is 11.1 Å². The minimum absolute atomic E-state index is 0.0533. The van der Waals surface area contributed by atoms with Crippen LogP contribution in [0.15, 0.2) is 112 Å². The van der Waals surface area contributed by atoms with Crippen LogP contribution in [0.5, 0.6) is 5.75 Å². The van der Waals surface area contributed by atoms with E-state index in [4.69, 9.17) is 27.2 Å². The van der Waals surface area contributed by atoms with Gasteiger partial charge in [0.25, 0.3) is 0 Å². The molecular formula is C45H60ClF2N5O2S2. The van der Waals surface area contributed by atoms with Crippen LogP contribution in [0.25, 0.3) is 5.57 Å². The average molecular weight is 841 g/mol. The van der Waals surface area contributed by atoms with Crippen LogP contribution in [0.3, 0.4) is 0 Å². The molecule has 310 valence electrons. The highest BCUT2D eigenvalue weighted by Gasteiger charge is 2.27. The number of allylic oxidation sites excluding steroid dienone is 1. The van der Waals surface area contributed by atoms with Gasteiger partial charge < -0.3 is 25.8 Å². The number of benzene rings is 4. The first kappa shape index (κ1) is 46.2. The van der Waals surface area contributed by atoms with E-state index >= 15 is 0 Å². The normalized spacial score (nSPS) is 15.7. The van der Waals surface area contributed by atoms with Gasteiger partial charge in [-0.2, -0.15) is 0 Å². The Labute approximate surface area is 353 Å². The fraction of sp³-hybridized carbons (Fsp3) is 0.422. The molecule has 0 aromatic heterocycles. The molecule has 0 spiro atoms. The van der Waals surface area contributed by atoms with Crippen LogP contribution in [-0.2, 0) is 4.74 Å². The number of ether oxygens (including phenoxy) is 1. The highest BCUT2D eigenvalue weighted by atomic mass is 35.5. The molecule has 1 fully saturated rings. The van der Waals surface area contributed by atoms with Gasteiger partial charge in [0.15, 0.2) is 0 Å². The summed E-state index contributed by atoms with van der Waals surface area (Å²) in [6, 6.07) is 30.4. The largest absolute Gasteiger partial charge is 0.508 e. The lowest BCUT2D eigenvalue weighted by atomic mass is 9.73. The SMILES string of the molecule is CC1(C)CCC(c2ccc(Cl)cc2)=C(CN)C1.CCN(CC)c1ccc(O)cc1.FN(F)c1cc(S)ccc1NC(CCN1CCOCC1)CSc1ccccc1. The lowest BCUT2D eigenvalue weighted by Gasteiger charge is -2.33. The summed E-state index contributed by atoms with van der Waals surface area (Å²) in [4.78, 5) is 6.27. The molecule has 0 radical (unpaired) electrons. The van der Waals surface area contributed by atoms with Crippen molar-refractivity contribution in [1.29, 1.82) is 0 Å². The molecule has 7 nitrogen and oxygen atoms in total. The highest BCUT2D eigenvalue weighted by Crippen LogP contribution is 2.42. The van der Waals surface area contributed by atoms with Crippen molar-refractivity contribution < 1.29 is 18.8 Å². The molecule has 1 aliphatic heterocycles. The van der Waals surface area contributed by atoms with Gasteiger partial charge in [-0.1, -0.05) is 70.3 Å². The number of nitrogens with one attached hydrogen (secondary N) is 1. The molecule has 4 aromatic carbocycles. The Bertz CT molecular complexity index is 1790. The molecule has 2 aliphatic rings. The van der Waals surface area contributed by atoms with Gasteiger partial charge in [0, 0.05) is 71.6 Å². The number of morpholine rings is 1. The smallest absolute Gasteiger partial charge is 0.129 e. The Hall–Kier alpha value is -3.45. The Balaban J connectivity index is 0.000000210. The number of hydrogen-bond acceptors (Lipinski definition) is 9. The van der Waals surface area contributed by atoms with Crippen molar-refractivity contribution in [3.8, 4) is 5.75 Å². The molecule has 4 aromatic rings. The fourth-order valence-corrected chi connectivity index (χ4v) is 8.25. The summed E-state index contributed by atoms with van der Waals surface area (Å²) < 4.78 is 32.0. The van der Waals surface area contributed by atoms with Crippen LogP contribution in [0, 0.1) is 5.41 Å². The zero-order valence-electron chi connectivity index (χ0n) is 33.8. The standard InChI is InChI=1S/C20H25F2N3OS2.C15H20ClN.C10H15NO/c21-25(22)20-14-17(27)6-7-19(20)23-16(8-9-24-10-12-26-13-11-24)15-28-18-4-2-1-3-5-18;1-15(2)8-7-14(12(9-15)10-17)11-3-5-13(16)6-4-11;1-3-11(4-2)9-5-7-10(12)8-6-9/h1-7,14,16,23,27H,8-13,15H2;3-6H,7-10,17H2,1-2H3;5-8,12H,3-4H2,1-2H3. The first-order valence-corrected chi connectivity index (χ1v) is 21.6. The predicted molar refractivity (Wildman–Crippen MR) is 242 cm³/mol.